The lowest BCUT2D eigenvalue weighted by Crippen LogP contribution is -2.25. The summed E-state index contributed by atoms with van der Waals surface area (Å²) in [5.41, 5.74) is 0.146. The number of carbonyl (C=O) groups is 1. The average Bonchev–Trinajstić information content (AvgIpc) is 2.91. The van der Waals surface area contributed by atoms with Gasteiger partial charge in [-0.1, -0.05) is 11.6 Å². The molecule has 2 heterocycles. The highest BCUT2D eigenvalue weighted by Crippen LogP contribution is 2.39. The molecule has 0 aromatic carbocycles. The van der Waals surface area contributed by atoms with Gasteiger partial charge in [0.05, 0.1) is 11.7 Å². The van der Waals surface area contributed by atoms with Crippen molar-refractivity contribution in [2.45, 2.75) is 18.9 Å². The minimum absolute atomic E-state index is 0.146. The van der Waals surface area contributed by atoms with E-state index in [2.05, 4.69) is 4.98 Å². The molecule has 2 fully saturated rings. The first-order valence-electron chi connectivity index (χ1n) is 6.38. The van der Waals surface area contributed by atoms with Gasteiger partial charge in [0, 0.05) is 19.0 Å². The van der Waals surface area contributed by atoms with Crippen LogP contribution in [0.25, 0.3) is 0 Å². The van der Waals surface area contributed by atoms with Gasteiger partial charge in [-0.05, 0) is 30.9 Å². The molecule has 1 saturated heterocycles. The Morgan fingerprint density at radius 2 is 2.16 bits per heavy atom. The molecule has 0 bridgehead atoms. The van der Waals surface area contributed by atoms with E-state index in [0.29, 0.717) is 11.7 Å². The molecule has 0 spiro atoms. The van der Waals surface area contributed by atoms with E-state index in [-0.39, 0.29) is 22.7 Å². The van der Waals surface area contributed by atoms with Crippen molar-refractivity contribution in [1.82, 2.24) is 4.98 Å². The average molecular weight is 283 g/mol. The molecule has 19 heavy (non-hydrogen) atoms. The topological polar surface area (TPSA) is 73.7 Å². The van der Waals surface area contributed by atoms with Crippen molar-refractivity contribution in [3.63, 3.8) is 0 Å². The monoisotopic (exact) mass is 282 g/mol. The summed E-state index contributed by atoms with van der Waals surface area (Å²) < 4.78 is 0. The lowest BCUT2D eigenvalue weighted by atomic mass is 10.00. The summed E-state index contributed by atoms with van der Waals surface area (Å²) in [6, 6.07) is 2.89. The fraction of sp³-hybridized carbons (Fsp3) is 0.538. The maximum Gasteiger partial charge on any atom is 0.335 e. The van der Waals surface area contributed by atoms with Crippen LogP contribution in [0, 0.1) is 11.8 Å². The summed E-state index contributed by atoms with van der Waals surface area (Å²) in [7, 11) is 0. The zero-order chi connectivity index (χ0) is 13.6. The second kappa shape index (κ2) is 4.65. The maximum atomic E-state index is 11.0. The number of pyridine rings is 1. The molecule has 1 aromatic rings. The molecule has 6 heteroatoms. The number of aromatic carboxylic acids is 1. The van der Waals surface area contributed by atoms with Crippen molar-refractivity contribution in [3.05, 3.63) is 22.8 Å². The Hall–Kier alpha value is -1.33. The van der Waals surface area contributed by atoms with Gasteiger partial charge in [-0.2, -0.15) is 0 Å². The molecular formula is C13H15ClN2O3. The Labute approximate surface area is 115 Å². The van der Waals surface area contributed by atoms with Crippen molar-refractivity contribution < 1.29 is 15.0 Å². The molecule has 0 radical (unpaired) electrons. The number of aromatic nitrogens is 1. The summed E-state index contributed by atoms with van der Waals surface area (Å²) in [6.45, 7) is 1.53. The second-order valence-electron chi connectivity index (χ2n) is 5.32. The quantitative estimate of drug-likeness (QED) is 0.807. The van der Waals surface area contributed by atoms with Gasteiger partial charge in [-0.15, -0.1) is 0 Å². The third kappa shape index (κ3) is 2.28. The number of fused-ring (bicyclic) bond motifs is 1. The van der Waals surface area contributed by atoms with Crippen LogP contribution in [0.4, 0.5) is 5.82 Å². The Balaban J connectivity index is 1.86. The number of hydrogen-bond donors (Lipinski definition) is 2. The number of aliphatic hydroxyl groups excluding tert-OH is 1. The zero-order valence-corrected chi connectivity index (χ0v) is 11.0. The summed E-state index contributed by atoms with van der Waals surface area (Å²) in [6.07, 6.45) is 1.65. The first kappa shape index (κ1) is 12.7. The number of aliphatic hydroxyl groups is 1. The van der Waals surface area contributed by atoms with Crippen LogP contribution in [-0.4, -0.2) is 40.4 Å². The molecule has 2 N–H and O–H groups in total. The Bertz CT molecular complexity index is 523. The van der Waals surface area contributed by atoms with E-state index in [0.717, 1.165) is 25.9 Å². The second-order valence-corrected chi connectivity index (χ2v) is 5.70. The molecule has 1 aliphatic carbocycles. The zero-order valence-electron chi connectivity index (χ0n) is 10.3. The van der Waals surface area contributed by atoms with Gasteiger partial charge in [0.1, 0.15) is 11.0 Å². The van der Waals surface area contributed by atoms with Crippen LogP contribution in [0.1, 0.15) is 23.2 Å². The van der Waals surface area contributed by atoms with Gasteiger partial charge < -0.3 is 15.1 Å². The lowest BCUT2D eigenvalue weighted by Gasteiger charge is -2.19. The molecule has 1 saturated carbocycles. The first-order chi connectivity index (χ1) is 9.04. The van der Waals surface area contributed by atoms with Crippen molar-refractivity contribution >= 4 is 23.4 Å². The van der Waals surface area contributed by atoms with Crippen LogP contribution >= 0.6 is 11.6 Å². The van der Waals surface area contributed by atoms with E-state index in [1.165, 1.54) is 6.07 Å². The van der Waals surface area contributed by atoms with Crippen LogP contribution < -0.4 is 4.90 Å². The van der Waals surface area contributed by atoms with E-state index in [1.807, 2.05) is 4.90 Å². The van der Waals surface area contributed by atoms with Gasteiger partial charge in [-0.25, -0.2) is 9.78 Å². The van der Waals surface area contributed by atoms with Crippen molar-refractivity contribution in [2.24, 2.45) is 11.8 Å². The fourth-order valence-corrected chi connectivity index (χ4v) is 3.40. The highest BCUT2D eigenvalue weighted by molar-refractivity contribution is 6.29. The number of halogens is 1. The fourth-order valence-electron chi connectivity index (χ4n) is 3.19. The van der Waals surface area contributed by atoms with Crippen LogP contribution in [0.5, 0.6) is 0 Å². The molecule has 1 aromatic heterocycles. The van der Waals surface area contributed by atoms with Gasteiger partial charge in [0.15, 0.2) is 0 Å². The standard InChI is InChI=1S/C13H15ClN2O3/c14-11-3-8(13(18)19)4-12(15-11)16-5-7-1-2-10(17)9(7)6-16/h3-4,7,9-10,17H,1-2,5-6H2,(H,18,19). The van der Waals surface area contributed by atoms with Crippen LogP contribution in [0.15, 0.2) is 12.1 Å². The molecule has 0 amide bonds. The van der Waals surface area contributed by atoms with E-state index < -0.39 is 5.97 Å². The molecule has 3 rings (SSSR count). The summed E-state index contributed by atoms with van der Waals surface area (Å²) in [5.74, 6) is 0.328. The van der Waals surface area contributed by atoms with Gasteiger partial charge >= 0.3 is 5.97 Å². The smallest absolute Gasteiger partial charge is 0.335 e. The predicted octanol–water partition coefficient (Wildman–Crippen LogP) is 1.64. The molecule has 3 atom stereocenters. The SMILES string of the molecule is O=C(O)c1cc(Cl)nc(N2CC3CCC(O)C3C2)c1. The number of nitrogens with zero attached hydrogens (tertiary/aromatic N) is 2. The van der Waals surface area contributed by atoms with E-state index in [9.17, 15) is 9.90 Å². The first-order valence-corrected chi connectivity index (χ1v) is 6.76. The third-order valence-electron chi connectivity index (χ3n) is 4.17. The minimum atomic E-state index is -1.01. The predicted molar refractivity (Wildman–Crippen MR) is 70.6 cm³/mol. The Kier molecular flexibility index (Phi) is 3.11. The summed E-state index contributed by atoms with van der Waals surface area (Å²) in [4.78, 5) is 17.2. The number of carboxylic acid groups (broad SMARTS) is 1. The van der Waals surface area contributed by atoms with Gasteiger partial charge in [0.2, 0.25) is 0 Å². The van der Waals surface area contributed by atoms with E-state index in [1.54, 1.807) is 6.07 Å². The third-order valence-corrected chi connectivity index (χ3v) is 4.36. The van der Waals surface area contributed by atoms with Crippen LogP contribution in [0.3, 0.4) is 0 Å². The number of hydrogen-bond acceptors (Lipinski definition) is 4. The van der Waals surface area contributed by atoms with E-state index >= 15 is 0 Å². The molecule has 102 valence electrons. The van der Waals surface area contributed by atoms with E-state index in [4.69, 9.17) is 16.7 Å². The molecule has 3 unspecified atom stereocenters. The van der Waals surface area contributed by atoms with Gasteiger partial charge in [0.25, 0.3) is 0 Å². The summed E-state index contributed by atoms with van der Waals surface area (Å²) >= 11 is 5.87. The highest BCUT2D eigenvalue weighted by Gasteiger charge is 2.42. The molecular weight excluding hydrogens is 268 g/mol. The Morgan fingerprint density at radius 1 is 1.37 bits per heavy atom. The largest absolute Gasteiger partial charge is 0.478 e. The number of rotatable bonds is 2. The van der Waals surface area contributed by atoms with Gasteiger partial charge in [-0.3, -0.25) is 0 Å². The highest BCUT2D eigenvalue weighted by atomic mass is 35.5. The molecule has 5 nitrogen and oxygen atoms in total. The van der Waals surface area contributed by atoms with Crippen molar-refractivity contribution in [3.8, 4) is 0 Å². The van der Waals surface area contributed by atoms with Crippen LogP contribution in [-0.2, 0) is 0 Å². The van der Waals surface area contributed by atoms with Crippen molar-refractivity contribution in [2.75, 3.05) is 18.0 Å². The normalized spacial score (nSPS) is 29.6. The molecule has 1 aliphatic heterocycles. The number of anilines is 1. The lowest BCUT2D eigenvalue weighted by molar-refractivity contribution is 0.0696. The van der Waals surface area contributed by atoms with Crippen molar-refractivity contribution in [1.29, 1.82) is 0 Å². The molecule has 2 aliphatic rings. The summed E-state index contributed by atoms with van der Waals surface area (Å²) in [5, 5.41) is 19.1. The maximum absolute atomic E-state index is 11.0. The number of carboxylic acids is 1. The van der Waals surface area contributed by atoms with Crippen LogP contribution in [0.2, 0.25) is 5.15 Å². The Morgan fingerprint density at radius 3 is 2.84 bits per heavy atom. The minimum Gasteiger partial charge on any atom is -0.478 e.